The van der Waals surface area contributed by atoms with Crippen molar-refractivity contribution >= 4 is 43.4 Å². The predicted molar refractivity (Wildman–Crippen MR) is 219 cm³/mol. The van der Waals surface area contributed by atoms with Gasteiger partial charge in [-0.2, -0.15) is 0 Å². The number of para-hydroxylation sites is 1. The van der Waals surface area contributed by atoms with Crippen LogP contribution in [0.25, 0.3) is 71.3 Å². The average Bonchev–Trinajstić information content (AvgIpc) is 3.67. The Morgan fingerprint density at radius 3 is 1.98 bits per heavy atom. The Bertz CT molecular complexity index is 2860. The fraction of sp³-hybridized carbons (Fsp3) is 0.0588. The van der Waals surface area contributed by atoms with E-state index in [1.807, 2.05) is 12.1 Å². The molecule has 0 bridgehead atoms. The second kappa shape index (κ2) is 11.9. The highest BCUT2D eigenvalue weighted by Gasteiger charge is 2.37. The van der Waals surface area contributed by atoms with Crippen LogP contribution in [-0.2, 0) is 4.74 Å². The van der Waals surface area contributed by atoms with Gasteiger partial charge in [0.05, 0.1) is 17.0 Å². The quantitative estimate of drug-likeness (QED) is 0.169. The van der Waals surface area contributed by atoms with Gasteiger partial charge >= 0.3 is 0 Å². The summed E-state index contributed by atoms with van der Waals surface area (Å²) in [7, 11) is 0. The molecule has 1 aromatic heterocycles. The molecule has 0 spiro atoms. The van der Waals surface area contributed by atoms with Gasteiger partial charge in [0.25, 0.3) is 0 Å². The van der Waals surface area contributed by atoms with Gasteiger partial charge in [-0.05, 0) is 86.8 Å². The van der Waals surface area contributed by atoms with Crippen LogP contribution in [0, 0.1) is 18.1 Å². The summed E-state index contributed by atoms with van der Waals surface area (Å²) >= 11 is 0. The molecule has 2 heteroatoms. The molecule has 8 aromatic rings. The van der Waals surface area contributed by atoms with E-state index >= 15 is 0 Å². The minimum atomic E-state index is 0.0483. The van der Waals surface area contributed by atoms with E-state index in [2.05, 4.69) is 187 Å². The van der Waals surface area contributed by atoms with Gasteiger partial charge in [0, 0.05) is 39.1 Å². The third-order valence-electron chi connectivity index (χ3n) is 11.3. The molecule has 7 aromatic carbocycles. The van der Waals surface area contributed by atoms with Gasteiger partial charge in [-0.1, -0.05) is 146 Å². The van der Waals surface area contributed by atoms with Gasteiger partial charge in [-0.15, -0.1) is 0 Å². The average molecular weight is 676 g/mol. The SMILES string of the molecule is c1cccc(-c2c3ccccc3c(-c3ccc(-n4c5ccccc5c5cc(C6C=CC=CC7=C6OC6C=CC=CC76)ccc54)cc3)c3ccccc23)c#1. The van der Waals surface area contributed by atoms with E-state index in [4.69, 9.17) is 4.74 Å². The van der Waals surface area contributed by atoms with E-state index in [0.717, 1.165) is 17.0 Å². The van der Waals surface area contributed by atoms with Crippen LogP contribution < -0.4 is 0 Å². The number of rotatable bonds is 4. The van der Waals surface area contributed by atoms with E-state index in [-0.39, 0.29) is 17.9 Å². The van der Waals surface area contributed by atoms with Crippen LogP contribution in [0.15, 0.2) is 193 Å². The lowest BCUT2D eigenvalue weighted by atomic mass is 9.86. The molecular formula is C51H33NO. The second-order valence-corrected chi connectivity index (χ2v) is 14.1. The molecule has 1 aliphatic heterocycles. The molecule has 0 saturated carbocycles. The number of benzene rings is 6. The molecule has 2 aliphatic carbocycles. The summed E-state index contributed by atoms with van der Waals surface area (Å²) in [5, 5.41) is 7.39. The zero-order chi connectivity index (χ0) is 34.9. The minimum absolute atomic E-state index is 0.0483. The molecule has 0 amide bonds. The smallest absolute Gasteiger partial charge is 0.127 e. The van der Waals surface area contributed by atoms with Crippen molar-refractivity contribution in [3.05, 3.63) is 211 Å². The van der Waals surface area contributed by atoms with Crippen molar-refractivity contribution in [1.29, 1.82) is 0 Å². The van der Waals surface area contributed by atoms with Gasteiger partial charge in [0.15, 0.2) is 0 Å². The number of fused-ring (bicyclic) bond motifs is 7. The summed E-state index contributed by atoms with van der Waals surface area (Å²) < 4.78 is 9.06. The van der Waals surface area contributed by atoms with Crippen molar-refractivity contribution in [1.82, 2.24) is 4.57 Å². The maximum absolute atomic E-state index is 6.65. The lowest BCUT2D eigenvalue weighted by Gasteiger charge is -2.19. The fourth-order valence-corrected chi connectivity index (χ4v) is 8.96. The highest BCUT2D eigenvalue weighted by atomic mass is 16.5. The molecule has 0 N–H and O–H groups in total. The third kappa shape index (κ3) is 4.61. The molecule has 3 atom stereocenters. The number of hydrogen-bond acceptors (Lipinski definition) is 1. The van der Waals surface area contributed by atoms with Gasteiger partial charge in [-0.3, -0.25) is 0 Å². The van der Waals surface area contributed by atoms with Crippen molar-refractivity contribution in [2.75, 3.05) is 0 Å². The number of aromatic nitrogens is 1. The Morgan fingerprint density at radius 1 is 0.547 bits per heavy atom. The fourth-order valence-electron chi connectivity index (χ4n) is 8.96. The first-order valence-electron chi connectivity index (χ1n) is 18.4. The monoisotopic (exact) mass is 675 g/mol. The number of nitrogens with zero attached hydrogens (tertiary/aromatic N) is 1. The molecule has 248 valence electrons. The molecule has 0 radical (unpaired) electrons. The van der Waals surface area contributed by atoms with Crippen LogP contribution in [0.2, 0.25) is 0 Å². The maximum atomic E-state index is 6.65. The molecule has 2 nitrogen and oxygen atoms in total. The van der Waals surface area contributed by atoms with Crippen LogP contribution >= 0.6 is 0 Å². The number of allylic oxidation sites excluding steroid dienone is 6. The Hall–Kier alpha value is -6.82. The molecule has 2 heterocycles. The van der Waals surface area contributed by atoms with Crippen LogP contribution in [0.3, 0.4) is 0 Å². The van der Waals surface area contributed by atoms with Crippen LogP contribution in [0.1, 0.15) is 11.5 Å². The molecule has 3 aliphatic rings. The van der Waals surface area contributed by atoms with Gasteiger partial charge in [-0.25, -0.2) is 0 Å². The molecule has 3 unspecified atom stereocenters. The van der Waals surface area contributed by atoms with Gasteiger partial charge in [0.2, 0.25) is 0 Å². The molecule has 0 saturated heterocycles. The highest BCUT2D eigenvalue weighted by molar-refractivity contribution is 6.21. The van der Waals surface area contributed by atoms with Gasteiger partial charge in [0.1, 0.15) is 11.9 Å². The highest BCUT2D eigenvalue weighted by Crippen LogP contribution is 2.46. The summed E-state index contributed by atoms with van der Waals surface area (Å²) in [6.07, 6.45) is 17.6. The largest absolute Gasteiger partial charge is 0.488 e. The topological polar surface area (TPSA) is 14.2 Å². The van der Waals surface area contributed by atoms with Crippen LogP contribution in [-0.4, -0.2) is 10.7 Å². The first kappa shape index (κ1) is 29.9. The summed E-state index contributed by atoms with van der Waals surface area (Å²) in [6.45, 7) is 0. The zero-order valence-corrected chi connectivity index (χ0v) is 28.9. The van der Waals surface area contributed by atoms with Crippen LogP contribution in [0.5, 0.6) is 0 Å². The molecular weight excluding hydrogens is 643 g/mol. The summed E-state index contributed by atoms with van der Waals surface area (Å²) in [5.41, 5.74) is 10.7. The lowest BCUT2D eigenvalue weighted by molar-refractivity contribution is 0.156. The lowest BCUT2D eigenvalue weighted by Crippen LogP contribution is -2.15. The van der Waals surface area contributed by atoms with Crippen molar-refractivity contribution < 1.29 is 4.74 Å². The van der Waals surface area contributed by atoms with E-state index < -0.39 is 0 Å². The third-order valence-corrected chi connectivity index (χ3v) is 11.3. The van der Waals surface area contributed by atoms with E-state index in [1.165, 1.54) is 71.2 Å². The van der Waals surface area contributed by atoms with Gasteiger partial charge < -0.3 is 9.30 Å². The van der Waals surface area contributed by atoms with Crippen LogP contribution in [0.4, 0.5) is 0 Å². The summed E-state index contributed by atoms with van der Waals surface area (Å²) in [6, 6.07) is 55.0. The van der Waals surface area contributed by atoms with E-state index in [9.17, 15) is 0 Å². The summed E-state index contributed by atoms with van der Waals surface area (Å²) in [4.78, 5) is 0. The minimum Gasteiger partial charge on any atom is -0.488 e. The van der Waals surface area contributed by atoms with E-state index in [1.54, 1.807) is 0 Å². The Labute approximate surface area is 308 Å². The molecule has 53 heavy (non-hydrogen) atoms. The molecule has 0 fully saturated rings. The van der Waals surface area contributed by atoms with Crippen molar-refractivity contribution in [2.45, 2.75) is 12.0 Å². The van der Waals surface area contributed by atoms with E-state index in [0.29, 0.717) is 0 Å². The zero-order valence-electron chi connectivity index (χ0n) is 28.9. The number of ether oxygens (including phenoxy) is 1. The predicted octanol–water partition coefficient (Wildman–Crippen LogP) is 12.6. The Balaban J connectivity index is 1.04. The second-order valence-electron chi connectivity index (χ2n) is 14.1. The first-order chi connectivity index (χ1) is 26.3. The standard InChI is InChI=1S/C51H33NO/c1-2-14-33(15-3-1)49-40-19-5-7-21-42(40)50(43-22-8-6-20-41(43)49)34-26-29-36(30-27-34)52-46-24-12-10-17-38(46)45-32-35(28-31-47(45)52)37-16-4-9-23-44-39-18-11-13-25-48(39)53-51(37)44/h1-2,4-14,16-32,37,39,48H. The van der Waals surface area contributed by atoms with Crippen molar-refractivity contribution in [3.63, 3.8) is 0 Å². The maximum Gasteiger partial charge on any atom is 0.127 e. The van der Waals surface area contributed by atoms with Crippen molar-refractivity contribution in [3.8, 4) is 27.9 Å². The van der Waals surface area contributed by atoms with Crippen molar-refractivity contribution in [2.24, 2.45) is 5.92 Å². The Kier molecular flexibility index (Phi) is 6.69. The number of hydrogen-bond donors (Lipinski definition) is 0. The normalized spacial score (nSPS) is 18.8. The first-order valence-corrected chi connectivity index (χ1v) is 18.4. The Morgan fingerprint density at radius 2 is 1.23 bits per heavy atom. The molecule has 11 rings (SSSR count). The summed E-state index contributed by atoms with van der Waals surface area (Å²) in [5.74, 6) is 1.37.